The summed E-state index contributed by atoms with van der Waals surface area (Å²) in [4.78, 5) is 0.874. The summed E-state index contributed by atoms with van der Waals surface area (Å²) in [5.41, 5.74) is 8.84. The van der Waals surface area contributed by atoms with Gasteiger partial charge in [-0.1, -0.05) is 30.3 Å². The van der Waals surface area contributed by atoms with E-state index < -0.39 is 0 Å². The van der Waals surface area contributed by atoms with E-state index in [1.165, 1.54) is 18.0 Å². The molecule has 3 aromatic rings. The van der Waals surface area contributed by atoms with E-state index in [2.05, 4.69) is 10.0 Å². The summed E-state index contributed by atoms with van der Waals surface area (Å²) >= 11 is 1.42. The molecule has 0 atom stereocenters. The maximum Gasteiger partial charge on any atom is 0.134 e. The smallest absolute Gasteiger partial charge is 0.134 e. The van der Waals surface area contributed by atoms with Gasteiger partial charge in [0, 0.05) is 30.0 Å². The van der Waals surface area contributed by atoms with Gasteiger partial charge in [0.1, 0.15) is 11.6 Å². The van der Waals surface area contributed by atoms with Crippen molar-refractivity contribution >= 4 is 23.3 Å². The Morgan fingerprint density at radius 3 is 2.59 bits per heavy atom. The van der Waals surface area contributed by atoms with Gasteiger partial charge in [-0.3, -0.25) is 0 Å². The maximum absolute atomic E-state index is 14.1. The molecule has 6 heteroatoms. The minimum Gasteiger partial charge on any atom is -0.496 e. The molecule has 4 nitrogen and oxygen atoms in total. The molecule has 4 N–H and O–H groups in total. The molecule has 140 valence electrons. The molecular formula is C21H22FN3OS. The number of methoxy groups -OCH3 is 1. The summed E-state index contributed by atoms with van der Waals surface area (Å²) in [6.07, 6.45) is 0. The summed E-state index contributed by atoms with van der Waals surface area (Å²) in [6, 6.07) is 20.3. The fourth-order valence-electron chi connectivity index (χ4n) is 2.64. The first-order valence-corrected chi connectivity index (χ1v) is 9.42. The van der Waals surface area contributed by atoms with Crippen molar-refractivity contribution in [2.75, 3.05) is 30.2 Å². The zero-order chi connectivity index (χ0) is 19.1. The van der Waals surface area contributed by atoms with Crippen LogP contribution in [0.3, 0.4) is 0 Å². The molecule has 0 fully saturated rings. The van der Waals surface area contributed by atoms with E-state index in [-0.39, 0.29) is 5.82 Å². The molecule has 0 aliphatic carbocycles. The lowest BCUT2D eigenvalue weighted by Gasteiger charge is -2.13. The minimum atomic E-state index is -0.245. The molecule has 0 saturated heterocycles. The molecule has 0 spiro atoms. The lowest BCUT2D eigenvalue weighted by atomic mass is 10.1. The average Bonchev–Trinajstić information content (AvgIpc) is 2.71. The Morgan fingerprint density at radius 1 is 1.00 bits per heavy atom. The van der Waals surface area contributed by atoms with Crippen LogP contribution in [0.5, 0.6) is 5.75 Å². The fourth-order valence-corrected chi connectivity index (χ4v) is 3.44. The lowest BCUT2D eigenvalue weighted by Crippen LogP contribution is -2.12. The third-order valence-corrected chi connectivity index (χ3v) is 4.84. The van der Waals surface area contributed by atoms with Gasteiger partial charge < -0.3 is 20.5 Å². The highest BCUT2D eigenvalue weighted by molar-refractivity contribution is 8.00. The van der Waals surface area contributed by atoms with Crippen LogP contribution in [-0.2, 0) is 0 Å². The molecule has 0 aliphatic heterocycles. The highest BCUT2D eigenvalue weighted by Crippen LogP contribution is 2.35. The Kier molecular flexibility index (Phi) is 6.57. The third kappa shape index (κ3) is 4.93. The molecule has 0 radical (unpaired) electrons. The van der Waals surface area contributed by atoms with E-state index in [1.807, 2.05) is 48.5 Å². The van der Waals surface area contributed by atoms with Crippen LogP contribution in [0.4, 0.5) is 15.8 Å². The van der Waals surface area contributed by atoms with Crippen LogP contribution in [0.25, 0.3) is 11.1 Å². The standard InChI is InChI=1S/C21H22FN3OS/c1-26-20-10-9-15(18-7-2-3-8-19(18)22)13-21(20)27-25-17-6-4-5-16(14-17)24-12-11-23/h2-10,13-14,24-25H,11-12,23H2,1H3. The molecular weight excluding hydrogens is 361 g/mol. The number of nitrogens with one attached hydrogen (secondary N) is 2. The normalized spacial score (nSPS) is 10.5. The molecule has 0 heterocycles. The summed E-state index contributed by atoms with van der Waals surface area (Å²) in [7, 11) is 1.62. The van der Waals surface area contributed by atoms with E-state index in [0.717, 1.165) is 34.1 Å². The summed E-state index contributed by atoms with van der Waals surface area (Å²) in [5.74, 6) is 0.482. The van der Waals surface area contributed by atoms with Gasteiger partial charge in [-0.05, 0) is 53.9 Å². The van der Waals surface area contributed by atoms with Crippen molar-refractivity contribution in [1.29, 1.82) is 0 Å². The molecule has 3 rings (SSSR count). The van der Waals surface area contributed by atoms with Gasteiger partial charge in [0.05, 0.1) is 12.0 Å². The number of benzene rings is 3. The zero-order valence-corrected chi connectivity index (χ0v) is 15.9. The molecule has 27 heavy (non-hydrogen) atoms. The van der Waals surface area contributed by atoms with E-state index >= 15 is 0 Å². The lowest BCUT2D eigenvalue weighted by molar-refractivity contribution is 0.405. The Labute approximate surface area is 163 Å². The van der Waals surface area contributed by atoms with Crippen LogP contribution in [0, 0.1) is 5.82 Å². The largest absolute Gasteiger partial charge is 0.496 e. The molecule has 0 aliphatic rings. The Balaban J connectivity index is 1.80. The van der Waals surface area contributed by atoms with Crippen LogP contribution in [0.1, 0.15) is 0 Å². The van der Waals surface area contributed by atoms with Crippen molar-refractivity contribution in [2.24, 2.45) is 5.73 Å². The fraction of sp³-hybridized carbons (Fsp3) is 0.143. The van der Waals surface area contributed by atoms with Gasteiger partial charge in [0.15, 0.2) is 0 Å². The van der Waals surface area contributed by atoms with Crippen molar-refractivity contribution in [1.82, 2.24) is 0 Å². The van der Waals surface area contributed by atoms with Gasteiger partial charge in [0.25, 0.3) is 0 Å². The molecule has 0 unspecified atom stereocenters. The summed E-state index contributed by atoms with van der Waals surface area (Å²) in [5, 5.41) is 3.25. The number of hydrogen-bond acceptors (Lipinski definition) is 5. The number of halogens is 1. The van der Waals surface area contributed by atoms with Crippen molar-refractivity contribution in [3.8, 4) is 16.9 Å². The first-order chi connectivity index (χ1) is 13.2. The average molecular weight is 383 g/mol. The highest BCUT2D eigenvalue weighted by Gasteiger charge is 2.10. The van der Waals surface area contributed by atoms with Gasteiger partial charge in [-0.25, -0.2) is 4.39 Å². The van der Waals surface area contributed by atoms with Gasteiger partial charge in [-0.15, -0.1) is 0 Å². The number of hydrogen-bond donors (Lipinski definition) is 3. The predicted molar refractivity (Wildman–Crippen MR) is 112 cm³/mol. The number of ether oxygens (including phenoxy) is 1. The number of nitrogens with two attached hydrogens (primary N) is 1. The Morgan fingerprint density at radius 2 is 1.81 bits per heavy atom. The Bertz CT molecular complexity index is 904. The van der Waals surface area contributed by atoms with Gasteiger partial charge in [0.2, 0.25) is 0 Å². The van der Waals surface area contributed by atoms with E-state index in [1.54, 1.807) is 19.2 Å². The van der Waals surface area contributed by atoms with Crippen LogP contribution in [-0.4, -0.2) is 20.2 Å². The van der Waals surface area contributed by atoms with Gasteiger partial charge >= 0.3 is 0 Å². The highest BCUT2D eigenvalue weighted by atomic mass is 32.2. The summed E-state index contributed by atoms with van der Waals surface area (Å²) in [6.45, 7) is 1.29. The second-order valence-corrected chi connectivity index (χ2v) is 6.69. The van der Waals surface area contributed by atoms with Crippen molar-refractivity contribution < 1.29 is 9.13 Å². The van der Waals surface area contributed by atoms with E-state index in [4.69, 9.17) is 10.5 Å². The molecule has 0 bridgehead atoms. The molecule has 0 amide bonds. The zero-order valence-electron chi connectivity index (χ0n) is 15.0. The second kappa shape index (κ2) is 9.30. The topological polar surface area (TPSA) is 59.3 Å². The molecule has 0 aromatic heterocycles. The third-order valence-electron chi connectivity index (χ3n) is 3.96. The van der Waals surface area contributed by atoms with Crippen molar-refractivity contribution in [3.63, 3.8) is 0 Å². The first-order valence-electron chi connectivity index (χ1n) is 8.61. The first kappa shape index (κ1) is 19.1. The maximum atomic E-state index is 14.1. The number of anilines is 2. The van der Waals surface area contributed by atoms with Crippen molar-refractivity contribution in [2.45, 2.75) is 4.90 Å². The molecule has 3 aromatic carbocycles. The Hall–Kier alpha value is -2.70. The molecule has 0 saturated carbocycles. The SMILES string of the molecule is COc1ccc(-c2ccccc2F)cc1SNc1cccc(NCCN)c1. The van der Waals surface area contributed by atoms with Crippen molar-refractivity contribution in [3.05, 3.63) is 72.5 Å². The number of rotatable bonds is 8. The van der Waals surface area contributed by atoms with Crippen LogP contribution in [0.15, 0.2) is 71.6 Å². The van der Waals surface area contributed by atoms with Crippen LogP contribution in [0.2, 0.25) is 0 Å². The van der Waals surface area contributed by atoms with Crippen LogP contribution < -0.4 is 20.5 Å². The van der Waals surface area contributed by atoms with E-state index in [0.29, 0.717) is 12.1 Å². The van der Waals surface area contributed by atoms with E-state index in [9.17, 15) is 4.39 Å². The van der Waals surface area contributed by atoms with Gasteiger partial charge in [-0.2, -0.15) is 0 Å². The summed E-state index contributed by atoms with van der Waals surface area (Å²) < 4.78 is 22.9. The minimum absolute atomic E-state index is 0.245. The predicted octanol–water partition coefficient (Wildman–Crippen LogP) is 4.99. The van der Waals surface area contributed by atoms with Crippen LogP contribution >= 0.6 is 11.9 Å². The second-order valence-electron chi connectivity index (χ2n) is 5.85. The quantitative estimate of drug-likeness (QED) is 0.478. The monoisotopic (exact) mass is 383 g/mol.